The largest absolute Gasteiger partial charge is 0.497 e. The standard InChI is InChI=1S/C17H17N5O2/c1-4-11(2)22-16(23)14-15(19-10-9-18-14)21-17(22)20-12-5-7-13(24-3)8-6-12/h4-11H,1H2,2-3H3,(H,19,20,21). The van der Waals surface area contributed by atoms with Gasteiger partial charge in [0.15, 0.2) is 11.2 Å². The molecule has 1 aromatic carbocycles. The van der Waals surface area contributed by atoms with Crippen molar-refractivity contribution in [1.82, 2.24) is 19.5 Å². The maximum Gasteiger partial charge on any atom is 0.283 e. The first kappa shape index (κ1) is 15.7. The van der Waals surface area contributed by atoms with Crippen molar-refractivity contribution in [3.05, 3.63) is 59.7 Å². The van der Waals surface area contributed by atoms with Crippen LogP contribution in [0.5, 0.6) is 5.75 Å². The summed E-state index contributed by atoms with van der Waals surface area (Å²) < 4.78 is 6.65. The highest BCUT2D eigenvalue weighted by atomic mass is 16.5. The number of benzene rings is 1. The summed E-state index contributed by atoms with van der Waals surface area (Å²) in [7, 11) is 1.61. The van der Waals surface area contributed by atoms with Gasteiger partial charge >= 0.3 is 0 Å². The molecule has 3 aromatic rings. The van der Waals surface area contributed by atoms with Crippen LogP contribution in [0.15, 0.2) is 54.1 Å². The second kappa shape index (κ2) is 6.49. The van der Waals surface area contributed by atoms with Gasteiger partial charge < -0.3 is 10.1 Å². The molecule has 0 aliphatic carbocycles. The number of nitrogens with zero attached hydrogens (tertiary/aromatic N) is 4. The lowest BCUT2D eigenvalue weighted by atomic mass is 10.3. The van der Waals surface area contributed by atoms with Crippen molar-refractivity contribution in [2.45, 2.75) is 13.0 Å². The molecule has 122 valence electrons. The van der Waals surface area contributed by atoms with Crippen LogP contribution in [0.2, 0.25) is 0 Å². The Labute approximate surface area is 138 Å². The monoisotopic (exact) mass is 323 g/mol. The first-order valence-corrected chi connectivity index (χ1v) is 7.41. The number of anilines is 2. The highest BCUT2D eigenvalue weighted by Crippen LogP contribution is 2.21. The highest BCUT2D eigenvalue weighted by molar-refractivity contribution is 5.70. The molecule has 24 heavy (non-hydrogen) atoms. The van der Waals surface area contributed by atoms with Gasteiger partial charge in [-0.05, 0) is 31.2 Å². The number of hydrogen-bond acceptors (Lipinski definition) is 6. The molecule has 2 heterocycles. The third-order valence-corrected chi connectivity index (χ3v) is 3.63. The fraction of sp³-hybridized carbons (Fsp3) is 0.176. The molecule has 0 saturated carbocycles. The Morgan fingerprint density at radius 3 is 2.62 bits per heavy atom. The van der Waals surface area contributed by atoms with Gasteiger partial charge in [0, 0.05) is 18.1 Å². The predicted molar refractivity (Wildman–Crippen MR) is 92.8 cm³/mol. The molecule has 0 bridgehead atoms. The lowest BCUT2D eigenvalue weighted by molar-refractivity contribution is 0.415. The van der Waals surface area contributed by atoms with Crippen molar-refractivity contribution in [3.63, 3.8) is 0 Å². The van der Waals surface area contributed by atoms with Gasteiger partial charge in [0.1, 0.15) is 5.75 Å². The van der Waals surface area contributed by atoms with Crippen LogP contribution in [0.1, 0.15) is 13.0 Å². The van der Waals surface area contributed by atoms with E-state index in [2.05, 4.69) is 26.8 Å². The minimum Gasteiger partial charge on any atom is -0.497 e. The first-order chi connectivity index (χ1) is 11.6. The van der Waals surface area contributed by atoms with Crippen molar-refractivity contribution >= 4 is 22.8 Å². The van der Waals surface area contributed by atoms with Crippen molar-refractivity contribution in [2.75, 3.05) is 12.4 Å². The summed E-state index contributed by atoms with van der Waals surface area (Å²) in [5.41, 5.74) is 1.03. The van der Waals surface area contributed by atoms with E-state index in [1.54, 1.807) is 13.2 Å². The number of aromatic nitrogens is 4. The van der Waals surface area contributed by atoms with Gasteiger partial charge in [0.2, 0.25) is 5.95 Å². The number of allylic oxidation sites excluding steroid dienone is 1. The van der Waals surface area contributed by atoms with E-state index in [1.165, 1.54) is 17.0 Å². The summed E-state index contributed by atoms with van der Waals surface area (Å²) in [6, 6.07) is 7.08. The molecule has 7 heteroatoms. The van der Waals surface area contributed by atoms with Crippen LogP contribution < -0.4 is 15.6 Å². The van der Waals surface area contributed by atoms with Crippen molar-refractivity contribution in [1.29, 1.82) is 0 Å². The van der Waals surface area contributed by atoms with Crippen molar-refractivity contribution in [2.24, 2.45) is 0 Å². The fourth-order valence-electron chi connectivity index (χ4n) is 2.30. The lowest BCUT2D eigenvalue weighted by Gasteiger charge is -2.17. The summed E-state index contributed by atoms with van der Waals surface area (Å²) in [6.45, 7) is 5.62. The van der Waals surface area contributed by atoms with Gasteiger partial charge in [-0.15, -0.1) is 6.58 Å². The number of ether oxygens (including phenoxy) is 1. The van der Waals surface area contributed by atoms with Gasteiger partial charge in [-0.1, -0.05) is 6.08 Å². The molecule has 2 aromatic heterocycles. The van der Waals surface area contributed by atoms with Crippen LogP contribution in [0.25, 0.3) is 11.2 Å². The Morgan fingerprint density at radius 2 is 1.96 bits per heavy atom. The molecular weight excluding hydrogens is 306 g/mol. The summed E-state index contributed by atoms with van der Waals surface area (Å²) in [4.78, 5) is 25.4. The van der Waals surface area contributed by atoms with Crippen LogP contribution >= 0.6 is 0 Å². The molecular formula is C17H17N5O2. The molecule has 0 saturated heterocycles. The van der Waals surface area contributed by atoms with Crippen LogP contribution in [0.4, 0.5) is 11.6 Å². The second-order valence-electron chi connectivity index (χ2n) is 5.17. The van der Waals surface area contributed by atoms with E-state index in [0.717, 1.165) is 11.4 Å². The van der Waals surface area contributed by atoms with Crippen LogP contribution in [0, 0.1) is 0 Å². The summed E-state index contributed by atoms with van der Waals surface area (Å²) in [6.07, 6.45) is 4.66. The van der Waals surface area contributed by atoms with Gasteiger partial charge in [0.05, 0.1) is 13.2 Å². The molecule has 0 radical (unpaired) electrons. The third-order valence-electron chi connectivity index (χ3n) is 3.63. The molecule has 3 rings (SSSR count). The fourth-order valence-corrected chi connectivity index (χ4v) is 2.30. The second-order valence-corrected chi connectivity index (χ2v) is 5.17. The molecule has 7 nitrogen and oxygen atoms in total. The van der Waals surface area contributed by atoms with Crippen molar-refractivity contribution in [3.8, 4) is 5.75 Å². The summed E-state index contributed by atoms with van der Waals surface area (Å²) in [5.74, 6) is 1.13. The third kappa shape index (κ3) is 2.83. The van der Waals surface area contributed by atoms with Crippen LogP contribution in [-0.2, 0) is 0 Å². The maximum atomic E-state index is 12.8. The smallest absolute Gasteiger partial charge is 0.283 e. The number of nitrogens with one attached hydrogen (secondary N) is 1. The zero-order chi connectivity index (χ0) is 17.1. The van der Waals surface area contributed by atoms with E-state index in [9.17, 15) is 4.79 Å². The van der Waals surface area contributed by atoms with E-state index < -0.39 is 0 Å². The van der Waals surface area contributed by atoms with Gasteiger partial charge in [-0.3, -0.25) is 9.36 Å². The quantitative estimate of drug-likeness (QED) is 0.727. The SMILES string of the molecule is C=CC(C)n1c(Nc2ccc(OC)cc2)nc2nccnc2c1=O. The zero-order valence-corrected chi connectivity index (χ0v) is 13.4. The van der Waals surface area contributed by atoms with Crippen molar-refractivity contribution < 1.29 is 4.74 Å². The molecule has 0 amide bonds. The van der Waals surface area contributed by atoms with Crippen LogP contribution in [0.3, 0.4) is 0 Å². The predicted octanol–water partition coefficient (Wildman–Crippen LogP) is 2.69. The Kier molecular flexibility index (Phi) is 4.24. The molecule has 0 aliphatic heterocycles. The Bertz CT molecular complexity index is 934. The Hall–Kier alpha value is -3.22. The average Bonchev–Trinajstić information content (AvgIpc) is 2.62. The summed E-state index contributed by atoms with van der Waals surface area (Å²) in [5, 5.41) is 3.15. The van der Waals surface area contributed by atoms with Gasteiger partial charge in [-0.25, -0.2) is 9.97 Å². The molecule has 1 unspecified atom stereocenters. The average molecular weight is 323 g/mol. The van der Waals surface area contributed by atoms with E-state index in [0.29, 0.717) is 11.6 Å². The van der Waals surface area contributed by atoms with E-state index >= 15 is 0 Å². The molecule has 0 spiro atoms. The van der Waals surface area contributed by atoms with Crippen LogP contribution in [-0.4, -0.2) is 26.6 Å². The Morgan fingerprint density at radius 1 is 1.25 bits per heavy atom. The topological polar surface area (TPSA) is 81.9 Å². The molecule has 1 atom stereocenters. The highest BCUT2D eigenvalue weighted by Gasteiger charge is 2.16. The summed E-state index contributed by atoms with van der Waals surface area (Å²) >= 11 is 0. The minimum absolute atomic E-state index is 0.228. The maximum absolute atomic E-state index is 12.8. The zero-order valence-electron chi connectivity index (χ0n) is 13.4. The van der Waals surface area contributed by atoms with E-state index in [4.69, 9.17) is 4.74 Å². The lowest BCUT2D eigenvalue weighted by Crippen LogP contribution is -2.27. The molecule has 0 fully saturated rings. The number of fused-ring (bicyclic) bond motifs is 1. The van der Waals surface area contributed by atoms with Gasteiger partial charge in [-0.2, -0.15) is 4.98 Å². The van der Waals surface area contributed by atoms with E-state index in [1.807, 2.05) is 31.2 Å². The first-order valence-electron chi connectivity index (χ1n) is 7.41. The van der Waals surface area contributed by atoms with Gasteiger partial charge in [0.25, 0.3) is 5.56 Å². The van der Waals surface area contributed by atoms with E-state index in [-0.39, 0.29) is 17.1 Å². The minimum atomic E-state index is -0.267. The normalized spacial score (nSPS) is 11.9. The number of hydrogen-bond donors (Lipinski definition) is 1. The number of rotatable bonds is 5. The number of methoxy groups -OCH3 is 1. The molecule has 0 aliphatic rings. The molecule has 1 N–H and O–H groups in total. The Balaban J connectivity index is 2.13.